The molecule has 0 radical (unpaired) electrons. The van der Waals surface area contributed by atoms with Crippen LogP contribution in [-0.4, -0.2) is 29.7 Å². The first-order chi connectivity index (χ1) is 12.1. The number of nitrogens with one attached hydrogen (secondary N) is 1. The van der Waals surface area contributed by atoms with E-state index in [1.54, 1.807) is 32.5 Å². The van der Waals surface area contributed by atoms with Gasteiger partial charge in [-0.2, -0.15) is 0 Å². The molecule has 1 aromatic heterocycles. The van der Waals surface area contributed by atoms with Crippen molar-refractivity contribution >= 4 is 11.7 Å². The Bertz CT molecular complexity index is 757. The predicted molar refractivity (Wildman–Crippen MR) is 94.9 cm³/mol. The molecule has 1 amide bonds. The Morgan fingerprint density at radius 1 is 1.32 bits per heavy atom. The summed E-state index contributed by atoms with van der Waals surface area (Å²) in [4.78, 5) is 16.7. The van der Waals surface area contributed by atoms with Crippen LogP contribution in [0, 0.1) is 0 Å². The summed E-state index contributed by atoms with van der Waals surface area (Å²) < 4.78 is 12.6. The Kier molecular flexibility index (Phi) is 5.23. The number of hydrogen-bond acceptors (Lipinski definition) is 5. The number of carbonyl (C=O) groups is 1. The van der Waals surface area contributed by atoms with Crippen LogP contribution in [0.3, 0.4) is 0 Å². The molecule has 0 saturated heterocycles. The van der Waals surface area contributed by atoms with Crippen molar-refractivity contribution in [2.24, 2.45) is 5.73 Å². The molecule has 0 bridgehead atoms. The Balaban J connectivity index is 1.65. The van der Waals surface area contributed by atoms with Gasteiger partial charge in [-0.25, -0.2) is 4.98 Å². The number of nitrogens with two attached hydrogens (primary N) is 1. The van der Waals surface area contributed by atoms with Crippen molar-refractivity contribution in [2.75, 3.05) is 19.5 Å². The van der Waals surface area contributed by atoms with Crippen LogP contribution < -0.4 is 20.5 Å². The molecule has 2 aromatic rings. The highest BCUT2D eigenvalue weighted by atomic mass is 16.5. The fourth-order valence-electron chi connectivity index (χ4n) is 3.11. The fourth-order valence-corrected chi connectivity index (χ4v) is 3.11. The van der Waals surface area contributed by atoms with Gasteiger partial charge in [-0.3, -0.25) is 4.79 Å². The van der Waals surface area contributed by atoms with E-state index in [4.69, 9.17) is 15.2 Å². The molecule has 2 heterocycles. The number of carbonyl (C=O) groups excluding carboxylic acids is 1. The lowest BCUT2D eigenvalue weighted by Gasteiger charge is -2.18. The van der Waals surface area contributed by atoms with Gasteiger partial charge in [0.2, 0.25) is 5.91 Å². The minimum atomic E-state index is -0.427. The van der Waals surface area contributed by atoms with Crippen molar-refractivity contribution in [1.82, 2.24) is 9.55 Å². The van der Waals surface area contributed by atoms with Crippen LogP contribution in [0.25, 0.3) is 0 Å². The van der Waals surface area contributed by atoms with Gasteiger partial charge >= 0.3 is 0 Å². The third kappa shape index (κ3) is 3.76. The minimum Gasteiger partial charge on any atom is -0.493 e. The number of rotatable bonds is 6. The standard InChI is InChI=1S/C18H24N4O3/c1-24-14-7-6-12(9-15(14)25-2)13(19)10-18(23)21-17-11-20-16-5-3-4-8-22(16)17/h6-7,9,11,13H,3-5,8,10,19H2,1-2H3,(H,21,23). The zero-order valence-electron chi connectivity index (χ0n) is 14.6. The van der Waals surface area contributed by atoms with Gasteiger partial charge in [0.05, 0.1) is 20.4 Å². The van der Waals surface area contributed by atoms with Gasteiger partial charge in [-0.1, -0.05) is 6.07 Å². The summed E-state index contributed by atoms with van der Waals surface area (Å²) in [7, 11) is 3.15. The van der Waals surface area contributed by atoms with E-state index in [1.807, 2.05) is 6.07 Å². The normalized spacial score (nSPS) is 14.5. The number of fused-ring (bicyclic) bond motifs is 1. The number of nitrogens with zero attached hydrogens (tertiary/aromatic N) is 2. The number of aryl methyl sites for hydroxylation is 1. The summed E-state index contributed by atoms with van der Waals surface area (Å²) >= 11 is 0. The van der Waals surface area contributed by atoms with E-state index in [0.29, 0.717) is 11.5 Å². The Morgan fingerprint density at radius 2 is 2.12 bits per heavy atom. The van der Waals surface area contributed by atoms with Crippen molar-refractivity contribution in [3.8, 4) is 11.5 Å². The maximum atomic E-state index is 12.4. The summed E-state index contributed by atoms with van der Waals surface area (Å²) in [5.74, 6) is 2.88. The average molecular weight is 344 g/mol. The van der Waals surface area contributed by atoms with Crippen LogP contribution in [0.4, 0.5) is 5.82 Å². The van der Waals surface area contributed by atoms with E-state index in [9.17, 15) is 4.79 Å². The molecule has 0 spiro atoms. The molecule has 7 heteroatoms. The maximum Gasteiger partial charge on any atom is 0.227 e. The summed E-state index contributed by atoms with van der Waals surface area (Å²) in [6, 6.07) is 5.01. The molecular formula is C18H24N4O3. The molecule has 1 atom stereocenters. The number of imidazole rings is 1. The highest BCUT2D eigenvalue weighted by Gasteiger charge is 2.18. The second kappa shape index (κ2) is 7.57. The lowest BCUT2D eigenvalue weighted by molar-refractivity contribution is -0.116. The molecule has 1 aliphatic heterocycles. The molecule has 134 valence electrons. The van der Waals surface area contributed by atoms with Crippen LogP contribution in [-0.2, 0) is 17.8 Å². The Morgan fingerprint density at radius 3 is 2.88 bits per heavy atom. The van der Waals surface area contributed by atoms with Crippen LogP contribution in [0.2, 0.25) is 0 Å². The number of ether oxygens (including phenoxy) is 2. The fraction of sp³-hybridized carbons (Fsp3) is 0.444. The number of aromatic nitrogens is 2. The molecule has 3 rings (SSSR count). The average Bonchev–Trinajstić information content (AvgIpc) is 3.04. The van der Waals surface area contributed by atoms with E-state index in [1.165, 1.54) is 0 Å². The number of benzene rings is 1. The summed E-state index contributed by atoms with van der Waals surface area (Å²) in [6.45, 7) is 0.896. The second-order valence-electron chi connectivity index (χ2n) is 6.14. The molecule has 0 aliphatic carbocycles. The van der Waals surface area contributed by atoms with E-state index >= 15 is 0 Å². The van der Waals surface area contributed by atoms with Gasteiger partial charge < -0.3 is 25.1 Å². The molecule has 25 heavy (non-hydrogen) atoms. The summed E-state index contributed by atoms with van der Waals surface area (Å²) in [6.07, 6.45) is 5.11. The molecular weight excluding hydrogens is 320 g/mol. The van der Waals surface area contributed by atoms with E-state index < -0.39 is 6.04 Å². The minimum absolute atomic E-state index is 0.129. The van der Waals surface area contributed by atoms with Crippen molar-refractivity contribution in [1.29, 1.82) is 0 Å². The quantitative estimate of drug-likeness (QED) is 0.839. The molecule has 0 saturated carbocycles. The van der Waals surface area contributed by atoms with Gasteiger partial charge in [0.15, 0.2) is 11.5 Å². The number of methoxy groups -OCH3 is 2. The highest BCUT2D eigenvalue weighted by Crippen LogP contribution is 2.30. The van der Waals surface area contributed by atoms with E-state index in [2.05, 4.69) is 14.9 Å². The van der Waals surface area contributed by atoms with Crippen molar-refractivity contribution in [2.45, 2.75) is 38.3 Å². The topological polar surface area (TPSA) is 91.4 Å². The smallest absolute Gasteiger partial charge is 0.227 e. The third-order valence-electron chi connectivity index (χ3n) is 4.48. The van der Waals surface area contributed by atoms with Gasteiger partial charge in [-0.05, 0) is 30.5 Å². The zero-order valence-corrected chi connectivity index (χ0v) is 14.6. The van der Waals surface area contributed by atoms with Crippen LogP contribution in [0.1, 0.15) is 36.7 Å². The molecule has 1 aliphatic rings. The zero-order chi connectivity index (χ0) is 17.8. The number of anilines is 1. The first kappa shape index (κ1) is 17.3. The Labute approximate surface area is 147 Å². The lowest BCUT2D eigenvalue weighted by Crippen LogP contribution is -2.22. The van der Waals surface area contributed by atoms with Gasteiger partial charge in [0.25, 0.3) is 0 Å². The van der Waals surface area contributed by atoms with Gasteiger partial charge in [-0.15, -0.1) is 0 Å². The van der Waals surface area contributed by atoms with E-state index in [-0.39, 0.29) is 12.3 Å². The predicted octanol–water partition coefficient (Wildman–Crippen LogP) is 2.27. The SMILES string of the molecule is COc1ccc(C(N)CC(=O)Nc2cnc3n2CCCC3)cc1OC. The Hall–Kier alpha value is -2.54. The molecule has 1 aromatic carbocycles. The summed E-state index contributed by atoms with van der Waals surface area (Å²) in [5, 5.41) is 2.93. The van der Waals surface area contributed by atoms with Crippen molar-refractivity contribution in [3.63, 3.8) is 0 Å². The van der Waals surface area contributed by atoms with Crippen molar-refractivity contribution in [3.05, 3.63) is 35.8 Å². The van der Waals surface area contributed by atoms with Crippen LogP contribution in [0.15, 0.2) is 24.4 Å². The first-order valence-corrected chi connectivity index (χ1v) is 8.44. The van der Waals surface area contributed by atoms with Crippen LogP contribution >= 0.6 is 0 Å². The number of amides is 1. The molecule has 0 fully saturated rings. The summed E-state index contributed by atoms with van der Waals surface area (Å²) in [5.41, 5.74) is 7.02. The lowest BCUT2D eigenvalue weighted by atomic mass is 10.0. The first-order valence-electron chi connectivity index (χ1n) is 8.44. The highest BCUT2D eigenvalue weighted by molar-refractivity contribution is 5.90. The molecule has 7 nitrogen and oxygen atoms in total. The van der Waals surface area contributed by atoms with E-state index in [0.717, 1.165) is 43.0 Å². The molecule has 3 N–H and O–H groups in total. The monoisotopic (exact) mass is 344 g/mol. The molecule has 1 unspecified atom stereocenters. The largest absolute Gasteiger partial charge is 0.493 e. The van der Waals surface area contributed by atoms with Gasteiger partial charge in [0.1, 0.15) is 11.6 Å². The second-order valence-corrected chi connectivity index (χ2v) is 6.14. The van der Waals surface area contributed by atoms with Crippen molar-refractivity contribution < 1.29 is 14.3 Å². The van der Waals surface area contributed by atoms with Crippen LogP contribution in [0.5, 0.6) is 11.5 Å². The van der Waals surface area contributed by atoms with Gasteiger partial charge in [0, 0.05) is 25.4 Å². The maximum absolute atomic E-state index is 12.4. The number of hydrogen-bond donors (Lipinski definition) is 2. The third-order valence-corrected chi connectivity index (χ3v) is 4.48.